The molecule has 6 heteroatoms. The molecule has 1 aliphatic carbocycles. The lowest BCUT2D eigenvalue weighted by Gasteiger charge is -2.44. The van der Waals surface area contributed by atoms with Crippen LogP contribution in [0.25, 0.3) is 10.9 Å². The number of nitrogens with one attached hydrogen (secondary N) is 2. The number of likely N-dealkylation sites (N-methyl/N-ethyl adjacent to an activating group) is 1. The normalized spacial score (nSPS) is 22.6. The van der Waals surface area contributed by atoms with Crippen LogP contribution >= 0.6 is 0 Å². The van der Waals surface area contributed by atoms with Crippen LogP contribution in [0.2, 0.25) is 0 Å². The van der Waals surface area contributed by atoms with Crippen molar-refractivity contribution in [1.29, 1.82) is 0 Å². The molecule has 6 rings (SSSR count). The van der Waals surface area contributed by atoms with Gasteiger partial charge < -0.3 is 20.1 Å². The minimum Gasteiger partial charge on any atom is -0.355 e. The summed E-state index contributed by atoms with van der Waals surface area (Å²) in [6.07, 6.45) is 6.27. The summed E-state index contributed by atoms with van der Waals surface area (Å²) in [4.78, 5) is 35.4. The SMILES string of the molecule is CCN1C(=O)[C@]2(c3ccccc31)c1[nH]c3ccccc3c1CCN2C(=O)NC1CCCCC1. The second kappa shape index (κ2) is 7.65. The highest BCUT2D eigenvalue weighted by Crippen LogP contribution is 2.51. The number of H-pyrrole nitrogens is 1. The van der Waals surface area contributed by atoms with Crippen molar-refractivity contribution < 1.29 is 9.59 Å². The molecular weight excluding hydrogens is 412 g/mol. The van der Waals surface area contributed by atoms with Crippen molar-refractivity contribution in [3.05, 3.63) is 65.4 Å². The van der Waals surface area contributed by atoms with Crippen LogP contribution in [0.4, 0.5) is 10.5 Å². The first-order valence-corrected chi connectivity index (χ1v) is 12.3. The molecule has 1 saturated carbocycles. The van der Waals surface area contributed by atoms with Gasteiger partial charge in [0.1, 0.15) is 0 Å². The Kier molecular flexibility index (Phi) is 4.71. The van der Waals surface area contributed by atoms with Crippen molar-refractivity contribution in [2.24, 2.45) is 0 Å². The maximum absolute atomic E-state index is 14.3. The summed E-state index contributed by atoms with van der Waals surface area (Å²) >= 11 is 0. The Labute approximate surface area is 193 Å². The van der Waals surface area contributed by atoms with Crippen molar-refractivity contribution >= 4 is 28.5 Å². The number of benzene rings is 2. The quantitative estimate of drug-likeness (QED) is 0.605. The molecule has 3 amide bonds. The zero-order chi connectivity index (χ0) is 22.6. The lowest BCUT2D eigenvalue weighted by atomic mass is 9.80. The fourth-order valence-corrected chi connectivity index (χ4v) is 6.30. The van der Waals surface area contributed by atoms with E-state index in [1.54, 1.807) is 0 Å². The Balaban J connectivity index is 1.55. The maximum Gasteiger partial charge on any atom is 0.319 e. The number of aromatic nitrogens is 1. The first-order valence-electron chi connectivity index (χ1n) is 12.3. The van der Waals surface area contributed by atoms with Crippen LogP contribution in [-0.4, -0.2) is 41.0 Å². The molecule has 6 nitrogen and oxygen atoms in total. The van der Waals surface area contributed by atoms with Gasteiger partial charge in [0.2, 0.25) is 0 Å². The number of aromatic amines is 1. The van der Waals surface area contributed by atoms with Crippen LogP contribution in [0.15, 0.2) is 48.5 Å². The Morgan fingerprint density at radius 1 is 1.09 bits per heavy atom. The largest absolute Gasteiger partial charge is 0.355 e. The molecule has 2 aromatic carbocycles. The topological polar surface area (TPSA) is 68.4 Å². The van der Waals surface area contributed by atoms with Crippen LogP contribution in [-0.2, 0) is 16.8 Å². The molecule has 3 aliphatic rings. The highest BCUT2D eigenvalue weighted by atomic mass is 16.2. The molecule has 1 fully saturated rings. The third-order valence-corrected chi connectivity index (χ3v) is 7.80. The molecule has 0 radical (unpaired) electrons. The van der Waals surface area contributed by atoms with Gasteiger partial charge in [0.15, 0.2) is 5.54 Å². The third-order valence-electron chi connectivity index (χ3n) is 7.80. The molecule has 170 valence electrons. The van der Waals surface area contributed by atoms with E-state index in [2.05, 4.69) is 22.4 Å². The van der Waals surface area contributed by atoms with Crippen molar-refractivity contribution in [3.8, 4) is 0 Å². The van der Waals surface area contributed by atoms with E-state index in [1.807, 2.05) is 53.1 Å². The standard InChI is InChI=1S/C27H30N4O2/c1-2-30-23-15-9-7-13-21(23)27(25(30)32)24-20(19-12-6-8-14-22(19)29-24)16-17-31(27)26(33)28-18-10-4-3-5-11-18/h6-9,12-15,18,29H,2-5,10-11,16-17H2,1H3,(H,28,33)/t27-/m0/s1. The Morgan fingerprint density at radius 3 is 2.67 bits per heavy atom. The minimum atomic E-state index is -1.17. The van der Waals surface area contributed by atoms with Crippen molar-refractivity contribution in [2.45, 2.75) is 57.0 Å². The van der Waals surface area contributed by atoms with Crippen LogP contribution in [0, 0.1) is 0 Å². The van der Waals surface area contributed by atoms with Gasteiger partial charge in [-0.1, -0.05) is 55.7 Å². The van der Waals surface area contributed by atoms with E-state index in [4.69, 9.17) is 0 Å². The monoisotopic (exact) mass is 442 g/mol. The van der Waals surface area contributed by atoms with Gasteiger partial charge in [0.05, 0.1) is 11.4 Å². The molecule has 1 atom stereocenters. The number of hydrogen-bond acceptors (Lipinski definition) is 2. The fourth-order valence-electron chi connectivity index (χ4n) is 6.30. The van der Waals surface area contributed by atoms with Gasteiger partial charge in [-0.05, 0) is 43.9 Å². The van der Waals surface area contributed by atoms with E-state index in [0.29, 0.717) is 13.1 Å². The number of rotatable bonds is 2. The summed E-state index contributed by atoms with van der Waals surface area (Å²) in [5.74, 6) is -0.0440. The lowest BCUT2D eigenvalue weighted by molar-refractivity contribution is -0.126. The summed E-state index contributed by atoms with van der Waals surface area (Å²) in [5, 5.41) is 4.43. The van der Waals surface area contributed by atoms with Crippen molar-refractivity contribution in [3.63, 3.8) is 0 Å². The van der Waals surface area contributed by atoms with Crippen LogP contribution in [0.5, 0.6) is 0 Å². The summed E-state index contributed by atoms with van der Waals surface area (Å²) in [5.41, 5.74) is 3.63. The highest BCUT2D eigenvalue weighted by molar-refractivity contribution is 6.12. The Bertz CT molecular complexity index is 1240. The lowest BCUT2D eigenvalue weighted by Crippen LogP contribution is -2.62. The summed E-state index contributed by atoms with van der Waals surface area (Å²) in [6.45, 7) is 3.06. The van der Waals surface area contributed by atoms with E-state index in [1.165, 1.54) is 6.42 Å². The maximum atomic E-state index is 14.3. The van der Waals surface area contributed by atoms with Gasteiger partial charge in [-0.25, -0.2) is 4.79 Å². The number of fused-ring (bicyclic) bond motifs is 6. The average Bonchev–Trinajstić information content (AvgIpc) is 3.34. The predicted molar refractivity (Wildman–Crippen MR) is 129 cm³/mol. The van der Waals surface area contributed by atoms with E-state index in [-0.39, 0.29) is 18.0 Å². The molecule has 1 aromatic heterocycles. The van der Waals surface area contributed by atoms with Gasteiger partial charge in [-0.3, -0.25) is 4.79 Å². The predicted octanol–water partition coefficient (Wildman–Crippen LogP) is 4.68. The smallest absolute Gasteiger partial charge is 0.319 e. The molecule has 0 bridgehead atoms. The average molecular weight is 443 g/mol. The van der Waals surface area contributed by atoms with Gasteiger partial charge in [-0.15, -0.1) is 0 Å². The van der Waals surface area contributed by atoms with Gasteiger partial charge >= 0.3 is 6.03 Å². The van der Waals surface area contributed by atoms with Gasteiger partial charge in [0.25, 0.3) is 5.91 Å². The molecule has 3 aromatic rings. The highest BCUT2D eigenvalue weighted by Gasteiger charge is 2.60. The molecule has 2 N–H and O–H groups in total. The second-order valence-electron chi connectivity index (χ2n) is 9.49. The number of hydrogen-bond donors (Lipinski definition) is 2. The zero-order valence-electron chi connectivity index (χ0n) is 19.1. The minimum absolute atomic E-state index is 0.0440. The van der Waals surface area contributed by atoms with Crippen molar-refractivity contribution in [1.82, 2.24) is 15.2 Å². The number of carbonyl (C=O) groups excluding carboxylic acids is 2. The number of urea groups is 1. The Hall–Kier alpha value is -3.28. The van der Waals surface area contributed by atoms with Crippen LogP contribution < -0.4 is 10.2 Å². The summed E-state index contributed by atoms with van der Waals surface area (Å²) < 4.78 is 0. The Morgan fingerprint density at radius 2 is 1.85 bits per heavy atom. The van der Waals surface area contributed by atoms with Crippen molar-refractivity contribution in [2.75, 3.05) is 18.0 Å². The third kappa shape index (κ3) is 2.79. The molecule has 0 unspecified atom stereocenters. The molecular formula is C27H30N4O2. The summed E-state index contributed by atoms with van der Waals surface area (Å²) in [6, 6.07) is 16.2. The number of para-hydroxylation sites is 2. The van der Waals surface area contributed by atoms with E-state index < -0.39 is 5.54 Å². The molecule has 3 heterocycles. The van der Waals surface area contributed by atoms with E-state index >= 15 is 0 Å². The van der Waals surface area contributed by atoms with E-state index in [0.717, 1.165) is 65.5 Å². The number of carbonyl (C=O) groups is 2. The number of amides is 3. The van der Waals surface area contributed by atoms with Crippen LogP contribution in [0.1, 0.15) is 55.8 Å². The molecule has 33 heavy (non-hydrogen) atoms. The first kappa shape index (κ1) is 20.3. The second-order valence-corrected chi connectivity index (χ2v) is 9.49. The summed E-state index contributed by atoms with van der Waals surface area (Å²) in [7, 11) is 0. The van der Waals surface area contributed by atoms with Gasteiger partial charge in [-0.2, -0.15) is 0 Å². The molecule has 2 aliphatic heterocycles. The number of anilines is 1. The molecule has 0 saturated heterocycles. The number of nitrogens with zero attached hydrogens (tertiary/aromatic N) is 2. The first-order chi connectivity index (χ1) is 16.2. The molecule has 1 spiro atoms. The van der Waals surface area contributed by atoms with Gasteiger partial charge in [0, 0.05) is 35.6 Å². The fraction of sp³-hybridized carbons (Fsp3) is 0.407. The zero-order valence-corrected chi connectivity index (χ0v) is 19.1. The van der Waals surface area contributed by atoms with E-state index in [9.17, 15) is 9.59 Å². The van der Waals surface area contributed by atoms with Crippen LogP contribution in [0.3, 0.4) is 0 Å².